The van der Waals surface area contributed by atoms with Crippen LogP contribution in [0.1, 0.15) is 29.5 Å². The summed E-state index contributed by atoms with van der Waals surface area (Å²) in [4.78, 5) is 8.58. The number of aromatic nitrogens is 2. The van der Waals surface area contributed by atoms with Gasteiger partial charge in [-0.05, 0) is 68.6 Å². The van der Waals surface area contributed by atoms with Crippen LogP contribution < -0.4 is 5.32 Å². The summed E-state index contributed by atoms with van der Waals surface area (Å²) in [7, 11) is 0. The predicted molar refractivity (Wildman–Crippen MR) is 109 cm³/mol. The molecular weight excluding hydrogens is 353 g/mol. The van der Waals surface area contributed by atoms with Gasteiger partial charge in [-0.15, -0.1) is 0 Å². The van der Waals surface area contributed by atoms with Crippen molar-refractivity contribution in [3.05, 3.63) is 71.4 Å². The summed E-state index contributed by atoms with van der Waals surface area (Å²) in [5.74, 6) is -0.193. The van der Waals surface area contributed by atoms with Crippen molar-refractivity contribution in [3.63, 3.8) is 0 Å². The topological polar surface area (TPSA) is 47.0 Å². The Labute approximate surface area is 165 Å². The Bertz CT molecular complexity index is 936. The first-order valence-electron chi connectivity index (χ1n) is 9.90. The van der Waals surface area contributed by atoms with E-state index >= 15 is 0 Å². The molecule has 5 heteroatoms. The first kappa shape index (κ1) is 19.0. The van der Waals surface area contributed by atoms with Crippen LogP contribution in [0.2, 0.25) is 0 Å². The number of hydrogen-bond acceptors (Lipinski definition) is 4. The van der Waals surface area contributed by atoms with Crippen molar-refractivity contribution in [1.82, 2.24) is 15.3 Å². The SMILES string of the molecule is Cc1cc(CCOCC2(c3ccc(F)cc3)CCNCC2)c2ncncc2c1. The molecule has 28 heavy (non-hydrogen) atoms. The van der Waals surface area contributed by atoms with Crippen molar-refractivity contribution in [2.45, 2.75) is 31.6 Å². The Morgan fingerprint density at radius 2 is 1.93 bits per heavy atom. The first-order valence-corrected chi connectivity index (χ1v) is 9.90. The van der Waals surface area contributed by atoms with E-state index in [2.05, 4.69) is 34.3 Å². The summed E-state index contributed by atoms with van der Waals surface area (Å²) in [6.45, 7) is 5.30. The molecule has 0 saturated carbocycles. The van der Waals surface area contributed by atoms with Crippen LogP contribution in [0, 0.1) is 12.7 Å². The van der Waals surface area contributed by atoms with Gasteiger partial charge in [0.1, 0.15) is 12.1 Å². The largest absolute Gasteiger partial charge is 0.380 e. The number of fused-ring (bicyclic) bond motifs is 1. The number of halogens is 1. The van der Waals surface area contributed by atoms with Gasteiger partial charge in [0.05, 0.1) is 18.7 Å². The Hall–Kier alpha value is -2.37. The van der Waals surface area contributed by atoms with Crippen LogP contribution in [0.4, 0.5) is 4.39 Å². The molecule has 0 spiro atoms. The van der Waals surface area contributed by atoms with Gasteiger partial charge in [0, 0.05) is 17.0 Å². The lowest BCUT2D eigenvalue weighted by atomic mass is 9.74. The normalized spacial score (nSPS) is 16.4. The monoisotopic (exact) mass is 379 g/mol. The predicted octanol–water partition coefficient (Wildman–Crippen LogP) is 3.96. The lowest BCUT2D eigenvalue weighted by molar-refractivity contribution is 0.0691. The lowest BCUT2D eigenvalue weighted by Crippen LogP contribution is -2.43. The number of aryl methyl sites for hydroxylation is 1. The van der Waals surface area contributed by atoms with Gasteiger partial charge in [-0.1, -0.05) is 23.8 Å². The molecule has 3 aromatic rings. The molecule has 2 heterocycles. The highest BCUT2D eigenvalue weighted by Gasteiger charge is 2.34. The van der Waals surface area contributed by atoms with Gasteiger partial charge in [0.25, 0.3) is 0 Å². The number of piperidine rings is 1. The number of nitrogens with zero attached hydrogens (tertiary/aromatic N) is 2. The number of benzene rings is 2. The van der Waals surface area contributed by atoms with Crippen LogP contribution in [0.15, 0.2) is 48.9 Å². The Morgan fingerprint density at radius 1 is 1.14 bits per heavy atom. The van der Waals surface area contributed by atoms with E-state index in [1.807, 2.05) is 18.3 Å². The second-order valence-electron chi connectivity index (χ2n) is 7.72. The van der Waals surface area contributed by atoms with Gasteiger partial charge in [0.2, 0.25) is 0 Å². The van der Waals surface area contributed by atoms with Crippen LogP contribution in [0.5, 0.6) is 0 Å². The van der Waals surface area contributed by atoms with E-state index in [-0.39, 0.29) is 11.2 Å². The van der Waals surface area contributed by atoms with E-state index in [4.69, 9.17) is 4.74 Å². The molecule has 0 radical (unpaired) electrons. The zero-order chi connectivity index (χ0) is 19.4. The third-order valence-corrected chi connectivity index (χ3v) is 5.74. The van der Waals surface area contributed by atoms with Crippen molar-refractivity contribution in [2.75, 3.05) is 26.3 Å². The van der Waals surface area contributed by atoms with Gasteiger partial charge in [-0.3, -0.25) is 0 Å². The Kier molecular flexibility index (Phi) is 5.64. The number of hydrogen-bond donors (Lipinski definition) is 1. The second-order valence-corrected chi connectivity index (χ2v) is 7.72. The van der Waals surface area contributed by atoms with Crippen LogP contribution in [0.3, 0.4) is 0 Å². The highest BCUT2D eigenvalue weighted by atomic mass is 19.1. The average Bonchev–Trinajstić information content (AvgIpc) is 2.72. The highest BCUT2D eigenvalue weighted by molar-refractivity contribution is 5.81. The summed E-state index contributed by atoms with van der Waals surface area (Å²) in [6.07, 6.45) is 6.27. The Morgan fingerprint density at radius 3 is 2.71 bits per heavy atom. The molecule has 0 unspecified atom stereocenters. The van der Waals surface area contributed by atoms with E-state index in [9.17, 15) is 4.39 Å². The Balaban J connectivity index is 1.45. The second kappa shape index (κ2) is 8.33. The van der Waals surface area contributed by atoms with Crippen molar-refractivity contribution < 1.29 is 9.13 Å². The number of rotatable bonds is 6. The van der Waals surface area contributed by atoms with E-state index in [1.54, 1.807) is 18.5 Å². The molecule has 0 amide bonds. The van der Waals surface area contributed by atoms with Crippen LogP contribution in [0.25, 0.3) is 10.9 Å². The summed E-state index contributed by atoms with van der Waals surface area (Å²) >= 11 is 0. The van der Waals surface area contributed by atoms with Gasteiger partial charge >= 0.3 is 0 Å². The molecule has 1 N–H and O–H groups in total. The summed E-state index contributed by atoms with van der Waals surface area (Å²) in [5, 5.41) is 4.49. The average molecular weight is 379 g/mol. The third-order valence-electron chi connectivity index (χ3n) is 5.74. The minimum absolute atomic E-state index is 0.0458. The zero-order valence-electron chi connectivity index (χ0n) is 16.2. The van der Waals surface area contributed by atoms with E-state index < -0.39 is 0 Å². The summed E-state index contributed by atoms with van der Waals surface area (Å²) in [6, 6.07) is 11.2. The quantitative estimate of drug-likeness (QED) is 0.659. The summed E-state index contributed by atoms with van der Waals surface area (Å²) in [5.41, 5.74) is 4.52. The van der Waals surface area contributed by atoms with Crippen molar-refractivity contribution in [3.8, 4) is 0 Å². The molecule has 0 bridgehead atoms. The maximum atomic E-state index is 13.4. The lowest BCUT2D eigenvalue weighted by Gasteiger charge is -2.38. The highest BCUT2D eigenvalue weighted by Crippen LogP contribution is 2.34. The van der Waals surface area contributed by atoms with Gasteiger partial charge in [-0.2, -0.15) is 0 Å². The van der Waals surface area contributed by atoms with Crippen LogP contribution in [-0.4, -0.2) is 36.3 Å². The van der Waals surface area contributed by atoms with E-state index in [0.29, 0.717) is 13.2 Å². The third kappa shape index (κ3) is 4.05. The van der Waals surface area contributed by atoms with Gasteiger partial charge in [0.15, 0.2) is 0 Å². The first-order chi connectivity index (χ1) is 13.7. The molecular formula is C23H26FN3O. The van der Waals surface area contributed by atoms with Crippen molar-refractivity contribution in [1.29, 1.82) is 0 Å². The molecule has 146 valence electrons. The van der Waals surface area contributed by atoms with Crippen LogP contribution >= 0.6 is 0 Å². The molecule has 1 saturated heterocycles. The molecule has 1 fully saturated rings. The molecule has 0 aliphatic carbocycles. The molecule has 2 aromatic carbocycles. The maximum absolute atomic E-state index is 13.4. The molecule has 1 aliphatic rings. The fourth-order valence-electron chi connectivity index (χ4n) is 4.21. The standard InChI is InChI=1S/C23H26FN3O/c1-17-12-18(22-19(13-17)14-26-16-27-22)6-11-28-15-23(7-9-25-10-8-23)20-2-4-21(24)5-3-20/h2-5,12-14,16,25H,6-11,15H2,1H3. The minimum Gasteiger partial charge on any atom is -0.380 e. The van der Waals surface area contributed by atoms with Crippen molar-refractivity contribution in [2.24, 2.45) is 0 Å². The fourth-order valence-corrected chi connectivity index (χ4v) is 4.21. The molecule has 1 aromatic heterocycles. The zero-order valence-corrected chi connectivity index (χ0v) is 16.2. The maximum Gasteiger partial charge on any atom is 0.123 e. The molecule has 4 nitrogen and oxygen atoms in total. The molecule has 1 aliphatic heterocycles. The molecule has 4 rings (SSSR count). The summed E-state index contributed by atoms with van der Waals surface area (Å²) < 4.78 is 19.6. The van der Waals surface area contributed by atoms with E-state index in [0.717, 1.165) is 43.3 Å². The fraction of sp³-hybridized carbons (Fsp3) is 0.391. The van der Waals surface area contributed by atoms with Gasteiger partial charge in [-0.25, -0.2) is 14.4 Å². The van der Waals surface area contributed by atoms with E-state index in [1.165, 1.54) is 16.7 Å². The number of ether oxygens (including phenoxy) is 1. The van der Waals surface area contributed by atoms with Crippen LogP contribution in [-0.2, 0) is 16.6 Å². The number of nitrogens with one attached hydrogen (secondary N) is 1. The molecule has 0 atom stereocenters. The van der Waals surface area contributed by atoms with Crippen molar-refractivity contribution >= 4 is 10.9 Å². The van der Waals surface area contributed by atoms with Gasteiger partial charge < -0.3 is 10.1 Å². The smallest absolute Gasteiger partial charge is 0.123 e. The minimum atomic E-state index is -0.193.